The zero-order valence-corrected chi connectivity index (χ0v) is 31.4. The van der Waals surface area contributed by atoms with Crippen molar-refractivity contribution < 1.29 is 32.3 Å². The summed E-state index contributed by atoms with van der Waals surface area (Å²) in [5, 5.41) is 8.20. The van der Waals surface area contributed by atoms with Gasteiger partial charge >= 0.3 is 11.9 Å². The summed E-state index contributed by atoms with van der Waals surface area (Å²) >= 11 is 1.82. The Morgan fingerprint density at radius 1 is 0.863 bits per heavy atom. The van der Waals surface area contributed by atoms with Gasteiger partial charge in [0.15, 0.2) is 5.69 Å². The first-order valence-electron chi connectivity index (χ1n) is 16.9. The average Bonchev–Trinajstić information content (AvgIpc) is 3.70. The van der Waals surface area contributed by atoms with Gasteiger partial charge in [0.1, 0.15) is 12.2 Å². The Hall–Kier alpha value is -4.33. The Balaban J connectivity index is 0.000000573. The number of Topliss-reactive ketones (excluding diaryl/α,β-unsaturated/α-hetero) is 1. The molecule has 0 bridgehead atoms. The van der Waals surface area contributed by atoms with Crippen LogP contribution in [0.5, 0.6) is 0 Å². The molecular weight excluding hydrogens is 689 g/mol. The van der Waals surface area contributed by atoms with Gasteiger partial charge in [-0.3, -0.25) is 9.59 Å². The molecule has 0 unspecified atom stereocenters. The Labute approximate surface area is 304 Å². The molecule has 0 spiro atoms. The summed E-state index contributed by atoms with van der Waals surface area (Å²) in [7, 11) is -3.46. The molecule has 2 atom stereocenters. The molecule has 51 heavy (non-hydrogen) atoms. The second-order valence-corrected chi connectivity index (χ2v) is 15.6. The summed E-state index contributed by atoms with van der Waals surface area (Å²) in [5.74, 6) is -1.10. The Morgan fingerprint density at radius 2 is 1.37 bits per heavy atom. The van der Waals surface area contributed by atoms with E-state index in [0.717, 1.165) is 16.7 Å². The number of sulfonamides is 1. The number of aromatic nitrogens is 3. The molecule has 11 nitrogen and oxygen atoms in total. The second kappa shape index (κ2) is 18.2. The first-order chi connectivity index (χ1) is 24.4. The fourth-order valence-corrected chi connectivity index (χ4v) is 9.37. The topological polar surface area (TPSA) is 138 Å². The van der Waals surface area contributed by atoms with Gasteiger partial charge in [-0.25, -0.2) is 17.9 Å². The van der Waals surface area contributed by atoms with Crippen molar-refractivity contribution in [3.05, 3.63) is 119 Å². The predicted molar refractivity (Wildman–Crippen MR) is 198 cm³/mol. The minimum absolute atomic E-state index is 0.0253. The SMILES string of the molecule is CCOC(=O)CC(C)=O.CCOC(=O)c1nnn(CC[C@H]2C[C@@H](SC(c3ccccc3)(c3ccccc3)c3ccccc3)CN2S(C)(=O)=O)c1C. The quantitative estimate of drug-likeness (QED) is 0.0887. The van der Waals surface area contributed by atoms with Crippen LogP contribution in [0.1, 0.15) is 72.9 Å². The zero-order valence-electron chi connectivity index (χ0n) is 29.7. The number of nitrogens with zero attached hydrogens (tertiary/aromatic N) is 4. The van der Waals surface area contributed by atoms with Crippen LogP contribution in [0.25, 0.3) is 0 Å². The van der Waals surface area contributed by atoms with E-state index in [1.165, 1.54) is 13.2 Å². The Bertz CT molecular complexity index is 1760. The first kappa shape index (κ1) is 39.5. The molecule has 1 fully saturated rings. The number of carbonyl (C=O) groups is 3. The molecule has 1 aromatic heterocycles. The van der Waals surface area contributed by atoms with Crippen molar-refractivity contribution in [1.29, 1.82) is 0 Å². The molecule has 0 aliphatic carbocycles. The van der Waals surface area contributed by atoms with Gasteiger partial charge in [-0.15, -0.1) is 16.9 Å². The van der Waals surface area contributed by atoms with E-state index in [1.807, 2.05) is 30.0 Å². The van der Waals surface area contributed by atoms with Crippen LogP contribution in [-0.2, 0) is 40.4 Å². The molecule has 0 amide bonds. The van der Waals surface area contributed by atoms with E-state index in [9.17, 15) is 22.8 Å². The van der Waals surface area contributed by atoms with Crippen LogP contribution in [-0.4, -0.2) is 82.7 Å². The van der Waals surface area contributed by atoms with Crippen molar-refractivity contribution in [2.45, 2.75) is 69.5 Å². The second-order valence-electron chi connectivity index (χ2n) is 12.2. The number of ketones is 1. The summed E-state index contributed by atoms with van der Waals surface area (Å²) in [6.45, 7) is 8.03. The highest BCUT2D eigenvalue weighted by atomic mass is 32.2. The summed E-state index contributed by atoms with van der Waals surface area (Å²) in [5.41, 5.74) is 4.24. The lowest BCUT2D eigenvalue weighted by Crippen LogP contribution is -2.36. The van der Waals surface area contributed by atoms with Crippen LogP contribution in [0.15, 0.2) is 91.0 Å². The van der Waals surface area contributed by atoms with Gasteiger partial charge in [0, 0.05) is 24.4 Å². The molecule has 5 rings (SSSR count). The van der Waals surface area contributed by atoms with E-state index in [2.05, 4.69) is 87.8 Å². The third-order valence-electron chi connectivity index (χ3n) is 8.46. The third kappa shape index (κ3) is 10.1. The molecule has 0 saturated carbocycles. The third-order valence-corrected chi connectivity index (χ3v) is 11.5. The standard InChI is InChI=1S/C32H36N4O4S2.C6H10O3/c1-4-40-31(37)30-24(2)35(34-33-30)21-20-28-22-29(23-36(28)42(3,38)39)41-32(25-14-8-5-9-15-25,26-16-10-6-11-17-26)27-18-12-7-13-19-27;1-3-9-6(8)4-5(2)7/h5-19,28-29H,4,20-23H2,1-3H3;3-4H2,1-2H3/t28-,29+;/m0./s1. The molecular formula is C38H46N4O7S2. The lowest BCUT2D eigenvalue weighted by molar-refractivity contribution is -0.145. The molecule has 0 N–H and O–H groups in total. The minimum atomic E-state index is -3.46. The van der Waals surface area contributed by atoms with Crippen LogP contribution in [0.3, 0.4) is 0 Å². The van der Waals surface area contributed by atoms with Crippen LogP contribution < -0.4 is 0 Å². The highest BCUT2D eigenvalue weighted by molar-refractivity contribution is 8.01. The van der Waals surface area contributed by atoms with E-state index in [-0.39, 0.29) is 35.8 Å². The highest BCUT2D eigenvalue weighted by Gasteiger charge is 2.45. The van der Waals surface area contributed by atoms with Crippen molar-refractivity contribution in [3.8, 4) is 0 Å². The van der Waals surface area contributed by atoms with Crippen LogP contribution in [0.2, 0.25) is 0 Å². The van der Waals surface area contributed by atoms with Crippen LogP contribution >= 0.6 is 11.8 Å². The first-order valence-corrected chi connectivity index (χ1v) is 19.7. The fourth-order valence-electron chi connectivity index (χ4n) is 6.22. The molecule has 2 heterocycles. The Morgan fingerprint density at radius 3 is 1.82 bits per heavy atom. The van der Waals surface area contributed by atoms with Gasteiger partial charge < -0.3 is 9.47 Å². The Kier molecular flexibility index (Phi) is 14.1. The molecule has 0 radical (unpaired) electrons. The number of thioether (sulfide) groups is 1. The number of hydrogen-bond acceptors (Lipinski definition) is 10. The summed E-state index contributed by atoms with van der Waals surface area (Å²) in [4.78, 5) is 32.9. The fraction of sp³-hybridized carbons (Fsp3) is 0.395. The van der Waals surface area contributed by atoms with E-state index >= 15 is 0 Å². The van der Waals surface area contributed by atoms with Gasteiger partial charge in [-0.05, 0) is 57.2 Å². The van der Waals surface area contributed by atoms with Gasteiger partial charge in [0.05, 0.1) is 29.9 Å². The number of aryl methyl sites for hydroxylation is 1. The van der Waals surface area contributed by atoms with Crippen molar-refractivity contribution in [1.82, 2.24) is 19.3 Å². The van der Waals surface area contributed by atoms with Gasteiger partial charge in [-0.2, -0.15) is 4.31 Å². The smallest absolute Gasteiger partial charge is 0.360 e. The average molecular weight is 735 g/mol. The highest BCUT2D eigenvalue weighted by Crippen LogP contribution is 2.52. The van der Waals surface area contributed by atoms with Gasteiger partial charge in [0.25, 0.3) is 0 Å². The maximum atomic E-state index is 13.0. The van der Waals surface area contributed by atoms with Gasteiger partial charge in [0.2, 0.25) is 10.0 Å². The van der Waals surface area contributed by atoms with E-state index in [1.54, 1.807) is 29.8 Å². The summed E-state index contributed by atoms with van der Waals surface area (Å²) in [6.07, 6.45) is 2.41. The van der Waals surface area contributed by atoms with Crippen molar-refractivity contribution in [3.63, 3.8) is 0 Å². The van der Waals surface area contributed by atoms with E-state index in [4.69, 9.17) is 4.74 Å². The molecule has 272 valence electrons. The summed E-state index contributed by atoms with van der Waals surface area (Å²) in [6, 6.07) is 31.1. The molecule has 1 aliphatic rings. The van der Waals surface area contributed by atoms with Crippen molar-refractivity contribution in [2.24, 2.45) is 0 Å². The van der Waals surface area contributed by atoms with Gasteiger partial charge in [-0.1, -0.05) is 96.2 Å². The largest absolute Gasteiger partial charge is 0.466 e. The number of esters is 2. The molecule has 3 aromatic carbocycles. The summed E-state index contributed by atoms with van der Waals surface area (Å²) < 4.78 is 38.4. The van der Waals surface area contributed by atoms with E-state index < -0.39 is 26.7 Å². The van der Waals surface area contributed by atoms with Crippen LogP contribution in [0.4, 0.5) is 0 Å². The number of rotatable bonds is 14. The van der Waals surface area contributed by atoms with Crippen molar-refractivity contribution in [2.75, 3.05) is 26.0 Å². The zero-order chi connectivity index (χ0) is 37.0. The molecule has 4 aromatic rings. The van der Waals surface area contributed by atoms with E-state index in [0.29, 0.717) is 38.2 Å². The van der Waals surface area contributed by atoms with Crippen LogP contribution in [0, 0.1) is 6.92 Å². The minimum Gasteiger partial charge on any atom is -0.466 e. The normalized spacial score (nSPS) is 16.2. The number of ether oxygens (including phenoxy) is 2. The maximum absolute atomic E-state index is 13.0. The maximum Gasteiger partial charge on any atom is 0.360 e. The predicted octanol–water partition coefficient (Wildman–Crippen LogP) is 5.81. The van der Waals surface area contributed by atoms with Crippen molar-refractivity contribution >= 4 is 39.5 Å². The molecule has 1 saturated heterocycles. The number of carbonyl (C=O) groups excluding carboxylic acids is 3. The molecule has 1 aliphatic heterocycles. The lowest BCUT2D eigenvalue weighted by Gasteiger charge is -2.37. The number of hydrogen-bond donors (Lipinski definition) is 0. The molecule has 13 heteroatoms. The lowest BCUT2D eigenvalue weighted by atomic mass is 9.84. The monoisotopic (exact) mass is 734 g/mol. The number of benzene rings is 3.